The molecule has 3 aromatic rings. The first-order chi connectivity index (χ1) is 14.2. The Bertz CT molecular complexity index is 971. The molecule has 1 atom stereocenters. The molecule has 1 unspecified atom stereocenters. The molecule has 2 aromatic heterocycles. The number of pyridine rings is 1. The van der Waals surface area contributed by atoms with E-state index in [0.717, 1.165) is 30.8 Å². The summed E-state index contributed by atoms with van der Waals surface area (Å²) >= 11 is 0. The van der Waals surface area contributed by atoms with Crippen LogP contribution in [0.15, 0.2) is 54.9 Å². The van der Waals surface area contributed by atoms with Gasteiger partial charge in [0.1, 0.15) is 5.82 Å². The number of carbonyl (C=O) groups excluding carboxylic acids is 1. The van der Waals surface area contributed by atoms with Crippen molar-refractivity contribution in [2.45, 2.75) is 25.8 Å². The fraction of sp³-hybridized carbons (Fsp3) is 0.318. The summed E-state index contributed by atoms with van der Waals surface area (Å²) in [4.78, 5) is 19.3. The van der Waals surface area contributed by atoms with E-state index < -0.39 is 0 Å². The summed E-state index contributed by atoms with van der Waals surface area (Å²) in [6.07, 6.45) is 5.67. The van der Waals surface area contributed by atoms with Gasteiger partial charge in [-0.25, -0.2) is 9.07 Å². The minimum Gasteiger partial charge on any atom is -0.349 e. The first-order valence-corrected chi connectivity index (χ1v) is 9.94. The monoisotopic (exact) mass is 393 g/mol. The van der Waals surface area contributed by atoms with Gasteiger partial charge in [0.15, 0.2) is 5.69 Å². The molecule has 0 aliphatic carbocycles. The summed E-state index contributed by atoms with van der Waals surface area (Å²) < 4.78 is 15.0. The van der Waals surface area contributed by atoms with E-state index in [4.69, 9.17) is 0 Å². The topological polar surface area (TPSA) is 63.1 Å². The zero-order valence-corrected chi connectivity index (χ0v) is 16.4. The smallest absolute Gasteiger partial charge is 0.271 e. The molecule has 1 amide bonds. The van der Waals surface area contributed by atoms with Gasteiger partial charge in [-0.15, -0.1) is 0 Å². The second-order valence-electron chi connectivity index (χ2n) is 7.18. The van der Waals surface area contributed by atoms with Gasteiger partial charge in [0.05, 0.1) is 11.4 Å². The van der Waals surface area contributed by atoms with Crippen molar-refractivity contribution in [1.82, 2.24) is 25.0 Å². The van der Waals surface area contributed by atoms with E-state index in [-0.39, 0.29) is 11.7 Å². The average molecular weight is 393 g/mol. The van der Waals surface area contributed by atoms with Gasteiger partial charge in [0, 0.05) is 30.5 Å². The molecule has 6 nitrogen and oxygen atoms in total. The largest absolute Gasteiger partial charge is 0.349 e. The maximum Gasteiger partial charge on any atom is 0.271 e. The van der Waals surface area contributed by atoms with Crippen molar-refractivity contribution in [2.24, 2.45) is 0 Å². The van der Waals surface area contributed by atoms with E-state index in [1.807, 2.05) is 12.1 Å². The predicted molar refractivity (Wildman–Crippen MR) is 109 cm³/mol. The highest BCUT2D eigenvalue weighted by Crippen LogP contribution is 2.24. The Morgan fingerprint density at radius 2 is 2.10 bits per heavy atom. The highest BCUT2D eigenvalue weighted by Gasteiger charge is 2.24. The minimum atomic E-state index is -0.321. The van der Waals surface area contributed by atoms with E-state index in [0.29, 0.717) is 24.0 Å². The van der Waals surface area contributed by atoms with Crippen LogP contribution in [0.3, 0.4) is 0 Å². The van der Waals surface area contributed by atoms with Gasteiger partial charge in [-0.2, -0.15) is 5.10 Å². The highest BCUT2D eigenvalue weighted by atomic mass is 19.1. The third-order valence-corrected chi connectivity index (χ3v) is 5.37. The molecular formula is C22H24FN5O. The van der Waals surface area contributed by atoms with Crippen LogP contribution in [-0.4, -0.2) is 51.2 Å². The molecule has 3 heterocycles. The molecule has 150 valence electrons. The molecule has 0 spiro atoms. The van der Waals surface area contributed by atoms with E-state index in [1.165, 1.54) is 18.6 Å². The van der Waals surface area contributed by atoms with Crippen LogP contribution in [0.25, 0.3) is 16.9 Å². The zero-order valence-electron chi connectivity index (χ0n) is 16.4. The third kappa shape index (κ3) is 4.19. The first-order valence-electron chi connectivity index (χ1n) is 9.94. The molecule has 1 fully saturated rings. The van der Waals surface area contributed by atoms with Gasteiger partial charge in [0.25, 0.3) is 5.91 Å². The fourth-order valence-corrected chi connectivity index (χ4v) is 3.83. The Morgan fingerprint density at radius 3 is 2.83 bits per heavy atom. The fourth-order valence-electron chi connectivity index (χ4n) is 3.83. The lowest BCUT2D eigenvalue weighted by Crippen LogP contribution is -2.40. The number of benzene rings is 1. The SMILES string of the molecule is CCN1CCCC1CNC(=O)c1cc(-c2cccnc2)n(-c2ccc(F)cc2)n1. The quantitative estimate of drug-likeness (QED) is 0.698. The van der Waals surface area contributed by atoms with Crippen LogP contribution in [0.4, 0.5) is 4.39 Å². The van der Waals surface area contributed by atoms with Crippen LogP contribution in [0, 0.1) is 5.82 Å². The zero-order chi connectivity index (χ0) is 20.2. The van der Waals surface area contributed by atoms with Crippen LogP contribution >= 0.6 is 0 Å². The second-order valence-corrected chi connectivity index (χ2v) is 7.18. The molecule has 1 saturated heterocycles. The molecule has 29 heavy (non-hydrogen) atoms. The molecule has 7 heteroatoms. The van der Waals surface area contributed by atoms with E-state index in [1.54, 1.807) is 35.3 Å². The van der Waals surface area contributed by atoms with Crippen LogP contribution < -0.4 is 5.32 Å². The van der Waals surface area contributed by atoms with Crippen LogP contribution in [-0.2, 0) is 0 Å². The molecule has 1 N–H and O–H groups in total. The van der Waals surface area contributed by atoms with Crippen molar-refractivity contribution in [2.75, 3.05) is 19.6 Å². The third-order valence-electron chi connectivity index (χ3n) is 5.37. The first kappa shape index (κ1) is 19.3. The summed E-state index contributed by atoms with van der Waals surface area (Å²) in [6, 6.07) is 11.9. The lowest BCUT2D eigenvalue weighted by atomic mass is 10.2. The Morgan fingerprint density at radius 1 is 1.28 bits per heavy atom. The van der Waals surface area contributed by atoms with Crippen molar-refractivity contribution in [3.05, 3.63) is 66.4 Å². The molecule has 1 aliphatic rings. The van der Waals surface area contributed by atoms with Crippen molar-refractivity contribution >= 4 is 5.91 Å². The molecule has 0 bridgehead atoms. The van der Waals surface area contributed by atoms with Gasteiger partial charge >= 0.3 is 0 Å². The van der Waals surface area contributed by atoms with Crippen molar-refractivity contribution in [1.29, 1.82) is 0 Å². The molecular weight excluding hydrogens is 369 g/mol. The predicted octanol–water partition coefficient (Wildman–Crippen LogP) is 3.29. The number of carbonyl (C=O) groups is 1. The second kappa shape index (κ2) is 8.53. The minimum absolute atomic E-state index is 0.209. The summed E-state index contributed by atoms with van der Waals surface area (Å²) in [5, 5.41) is 7.54. The highest BCUT2D eigenvalue weighted by molar-refractivity contribution is 5.93. The molecule has 4 rings (SSSR count). The maximum atomic E-state index is 13.4. The Labute approximate surface area is 169 Å². The number of nitrogens with one attached hydrogen (secondary N) is 1. The number of nitrogens with zero attached hydrogens (tertiary/aromatic N) is 4. The molecule has 1 aromatic carbocycles. The van der Waals surface area contributed by atoms with Crippen LogP contribution in [0.5, 0.6) is 0 Å². The van der Waals surface area contributed by atoms with Gasteiger partial charge in [0.2, 0.25) is 0 Å². The standard InChI is InChI=1S/C22H24FN5O/c1-2-27-12-4-6-19(27)15-25-22(29)20-13-21(16-5-3-11-24-14-16)28(26-20)18-9-7-17(23)8-10-18/h3,5,7-11,13-14,19H,2,4,6,12,15H2,1H3,(H,25,29). The number of amides is 1. The van der Waals surface area contributed by atoms with Crippen molar-refractivity contribution in [3.63, 3.8) is 0 Å². The number of rotatable bonds is 6. The number of aromatic nitrogens is 3. The number of likely N-dealkylation sites (tertiary alicyclic amines) is 1. The van der Waals surface area contributed by atoms with Crippen LogP contribution in [0.2, 0.25) is 0 Å². The molecule has 1 aliphatic heterocycles. The number of hydrogen-bond acceptors (Lipinski definition) is 4. The van der Waals surface area contributed by atoms with Gasteiger partial charge in [-0.3, -0.25) is 14.7 Å². The summed E-state index contributed by atoms with van der Waals surface area (Å²) in [7, 11) is 0. The maximum absolute atomic E-state index is 13.4. The number of halogens is 1. The lowest BCUT2D eigenvalue weighted by Gasteiger charge is -2.22. The van der Waals surface area contributed by atoms with Crippen molar-refractivity contribution in [3.8, 4) is 16.9 Å². The lowest BCUT2D eigenvalue weighted by molar-refractivity contribution is 0.0936. The number of likely N-dealkylation sites (N-methyl/N-ethyl adjacent to an activating group) is 1. The van der Waals surface area contributed by atoms with E-state index >= 15 is 0 Å². The van der Waals surface area contributed by atoms with E-state index in [9.17, 15) is 9.18 Å². The van der Waals surface area contributed by atoms with Gasteiger partial charge in [-0.1, -0.05) is 6.92 Å². The Kier molecular flexibility index (Phi) is 5.67. The Balaban J connectivity index is 1.60. The molecule has 0 saturated carbocycles. The summed E-state index contributed by atoms with van der Waals surface area (Å²) in [6.45, 7) is 4.83. The van der Waals surface area contributed by atoms with Gasteiger partial charge in [-0.05, 0) is 68.4 Å². The Hall–Kier alpha value is -3.06. The summed E-state index contributed by atoms with van der Waals surface area (Å²) in [5.41, 5.74) is 2.56. The van der Waals surface area contributed by atoms with Crippen LogP contribution in [0.1, 0.15) is 30.3 Å². The number of hydrogen-bond donors (Lipinski definition) is 1. The van der Waals surface area contributed by atoms with Gasteiger partial charge < -0.3 is 5.32 Å². The van der Waals surface area contributed by atoms with Crippen molar-refractivity contribution < 1.29 is 9.18 Å². The normalized spacial score (nSPS) is 16.8. The summed E-state index contributed by atoms with van der Waals surface area (Å²) in [5.74, 6) is -0.530. The van der Waals surface area contributed by atoms with E-state index in [2.05, 4.69) is 27.2 Å². The molecule has 0 radical (unpaired) electrons. The average Bonchev–Trinajstić information content (AvgIpc) is 3.40.